The first-order chi connectivity index (χ1) is 10.5. The second-order valence-corrected chi connectivity index (χ2v) is 10.2. The molecule has 5 rings (SSSR count). The largest absolute Gasteiger partial charge is 0.370 e. The van der Waals surface area contributed by atoms with Gasteiger partial charge in [0, 0.05) is 5.41 Å². The summed E-state index contributed by atoms with van der Waals surface area (Å²) in [6, 6.07) is 0. The predicted octanol–water partition coefficient (Wildman–Crippen LogP) is 5.17. The second kappa shape index (κ2) is 4.36. The van der Waals surface area contributed by atoms with Gasteiger partial charge in [-0.15, -0.1) is 0 Å². The van der Waals surface area contributed by atoms with Crippen molar-refractivity contribution in [3.63, 3.8) is 0 Å². The Balaban J connectivity index is 1.45. The number of fused-ring (bicyclic) bond motifs is 5. The van der Waals surface area contributed by atoms with Gasteiger partial charge in [0.05, 0.1) is 12.2 Å². The molecule has 7 atom stereocenters. The Morgan fingerprint density at radius 2 is 1.82 bits per heavy atom. The van der Waals surface area contributed by atoms with Gasteiger partial charge in [0.15, 0.2) is 0 Å². The van der Waals surface area contributed by atoms with Crippen LogP contribution in [0.5, 0.6) is 0 Å². The summed E-state index contributed by atoms with van der Waals surface area (Å²) in [5.41, 5.74) is 1.36. The van der Waals surface area contributed by atoms with Gasteiger partial charge in [-0.2, -0.15) is 0 Å². The molecule has 0 bridgehead atoms. The maximum absolute atomic E-state index is 5.85. The third kappa shape index (κ3) is 1.72. The van der Waals surface area contributed by atoms with Gasteiger partial charge in [-0.1, -0.05) is 26.1 Å². The van der Waals surface area contributed by atoms with Crippen molar-refractivity contribution < 1.29 is 4.74 Å². The van der Waals surface area contributed by atoms with E-state index in [-0.39, 0.29) is 0 Å². The van der Waals surface area contributed by atoms with Gasteiger partial charge in [-0.3, -0.25) is 0 Å². The maximum atomic E-state index is 5.85. The van der Waals surface area contributed by atoms with Crippen molar-refractivity contribution in [1.29, 1.82) is 0 Å². The first-order valence-electron chi connectivity index (χ1n) is 9.64. The van der Waals surface area contributed by atoms with Crippen LogP contribution in [0.3, 0.4) is 0 Å². The van der Waals surface area contributed by atoms with Crippen molar-refractivity contribution in [2.24, 2.45) is 34.5 Å². The van der Waals surface area contributed by atoms with Crippen LogP contribution >= 0.6 is 12.2 Å². The molecular formula is C20H30OS. The molecule has 0 amide bonds. The quantitative estimate of drug-likeness (QED) is 0.451. The number of ether oxygens (including phenoxy) is 1. The van der Waals surface area contributed by atoms with E-state index in [1.54, 1.807) is 0 Å². The van der Waals surface area contributed by atoms with Crippen LogP contribution in [0.15, 0.2) is 0 Å². The molecule has 5 aliphatic rings. The summed E-state index contributed by atoms with van der Waals surface area (Å²) in [6.45, 7) is 6.22. The van der Waals surface area contributed by atoms with Crippen molar-refractivity contribution in [1.82, 2.24) is 0 Å². The van der Waals surface area contributed by atoms with Crippen LogP contribution in [-0.2, 0) is 4.74 Å². The lowest BCUT2D eigenvalue weighted by Crippen LogP contribution is -2.54. The molecule has 0 aromatic rings. The number of epoxide rings is 1. The van der Waals surface area contributed by atoms with Crippen LogP contribution in [0.2, 0.25) is 0 Å². The van der Waals surface area contributed by atoms with E-state index in [1.165, 1.54) is 62.7 Å². The van der Waals surface area contributed by atoms with E-state index in [0.717, 1.165) is 30.3 Å². The van der Waals surface area contributed by atoms with E-state index in [1.807, 2.05) is 0 Å². The molecular weight excluding hydrogens is 288 g/mol. The molecule has 1 saturated heterocycles. The minimum absolute atomic E-state index is 0.342. The van der Waals surface area contributed by atoms with Gasteiger partial charge in [0.2, 0.25) is 0 Å². The highest BCUT2D eigenvalue weighted by atomic mass is 32.1. The second-order valence-electron chi connectivity index (χ2n) is 9.75. The lowest BCUT2D eigenvalue weighted by Gasteiger charge is -2.60. The number of hydrogen-bond donors (Lipinski definition) is 0. The van der Waals surface area contributed by atoms with Gasteiger partial charge in [-0.25, -0.2) is 0 Å². The molecule has 1 nitrogen and oxygen atoms in total. The molecule has 5 fully saturated rings. The summed E-state index contributed by atoms with van der Waals surface area (Å²) in [5, 5.41) is 0. The Morgan fingerprint density at radius 1 is 1.00 bits per heavy atom. The fraction of sp³-hybridized carbons (Fsp3) is 0.950. The van der Waals surface area contributed by atoms with E-state index < -0.39 is 0 Å². The summed E-state index contributed by atoms with van der Waals surface area (Å²) in [6.07, 6.45) is 12.5. The molecule has 0 N–H and O–H groups in total. The van der Waals surface area contributed by atoms with Crippen molar-refractivity contribution in [3.05, 3.63) is 0 Å². The maximum Gasteiger partial charge on any atom is 0.0919 e. The molecule has 22 heavy (non-hydrogen) atoms. The topological polar surface area (TPSA) is 12.5 Å². The summed E-state index contributed by atoms with van der Waals surface area (Å²) >= 11 is 5.79. The zero-order valence-corrected chi connectivity index (χ0v) is 15.0. The van der Waals surface area contributed by atoms with Crippen molar-refractivity contribution in [2.45, 2.75) is 77.2 Å². The SMILES string of the molecule is C[C@]12CC[C@]3(CO3)CC1CCC1C2CC[C@]2(C)C(=S)CCC12. The molecule has 0 radical (unpaired) electrons. The minimum Gasteiger partial charge on any atom is -0.370 e. The standard InChI is InChI=1S/C20H30OS/c1-18-9-10-20(12-21-20)11-13(18)3-4-14-15-5-6-17(22)19(15,2)8-7-16(14)18/h13-16H,3-12H2,1-2H3/t13?,14?,15?,16?,18-,19-,20+/m0/s1. The zero-order chi connectivity index (χ0) is 15.2. The fourth-order valence-electron chi connectivity index (χ4n) is 7.44. The van der Waals surface area contributed by atoms with Gasteiger partial charge >= 0.3 is 0 Å². The Morgan fingerprint density at radius 3 is 2.59 bits per heavy atom. The van der Waals surface area contributed by atoms with Crippen LogP contribution in [0, 0.1) is 34.5 Å². The molecule has 122 valence electrons. The number of thiocarbonyl (C=S) groups is 1. The minimum atomic E-state index is 0.342. The van der Waals surface area contributed by atoms with E-state index in [2.05, 4.69) is 13.8 Å². The average Bonchev–Trinajstić information content (AvgIpc) is 3.19. The number of rotatable bonds is 0. The zero-order valence-electron chi connectivity index (χ0n) is 14.2. The summed E-state index contributed by atoms with van der Waals surface area (Å²) in [4.78, 5) is 1.41. The number of hydrogen-bond acceptors (Lipinski definition) is 2. The van der Waals surface area contributed by atoms with Crippen molar-refractivity contribution in [3.8, 4) is 0 Å². The molecule has 1 spiro atoms. The molecule has 4 saturated carbocycles. The van der Waals surface area contributed by atoms with Gasteiger partial charge in [-0.05, 0) is 91.7 Å². The molecule has 0 aromatic heterocycles. The van der Waals surface area contributed by atoms with Gasteiger partial charge in [0.1, 0.15) is 0 Å². The lowest BCUT2D eigenvalue weighted by molar-refractivity contribution is -0.105. The van der Waals surface area contributed by atoms with Crippen LogP contribution in [0.25, 0.3) is 0 Å². The normalized spacial score (nSPS) is 59.8. The summed E-state index contributed by atoms with van der Waals surface area (Å²) < 4.78 is 5.85. The predicted molar refractivity (Wildman–Crippen MR) is 93.0 cm³/mol. The first kappa shape index (κ1) is 14.4. The van der Waals surface area contributed by atoms with E-state index in [4.69, 9.17) is 17.0 Å². The Labute approximate surface area is 140 Å². The van der Waals surface area contributed by atoms with Crippen LogP contribution in [0.4, 0.5) is 0 Å². The molecule has 4 aliphatic carbocycles. The van der Waals surface area contributed by atoms with Crippen LogP contribution in [-0.4, -0.2) is 17.1 Å². The molecule has 1 heterocycles. The van der Waals surface area contributed by atoms with Crippen molar-refractivity contribution >= 4 is 17.1 Å². The highest BCUT2D eigenvalue weighted by molar-refractivity contribution is 7.80. The third-order valence-electron chi connectivity index (χ3n) is 9.06. The van der Waals surface area contributed by atoms with Gasteiger partial charge < -0.3 is 4.74 Å². The van der Waals surface area contributed by atoms with E-state index in [9.17, 15) is 0 Å². The Hall–Kier alpha value is 0.0500. The van der Waals surface area contributed by atoms with Crippen molar-refractivity contribution in [2.75, 3.05) is 6.61 Å². The molecule has 1 aliphatic heterocycles. The average molecular weight is 319 g/mol. The third-order valence-corrected chi connectivity index (χ3v) is 9.73. The Bertz CT molecular complexity index is 524. The molecule has 0 aromatic carbocycles. The molecule has 2 heteroatoms. The highest BCUT2D eigenvalue weighted by Crippen LogP contribution is 2.67. The van der Waals surface area contributed by atoms with E-state index >= 15 is 0 Å². The van der Waals surface area contributed by atoms with Crippen LogP contribution in [0.1, 0.15) is 71.6 Å². The monoisotopic (exact) mass is 318 g/mol. The highest BCUT2D eigenvalue weighted by Gasteiger charge is 2.62. The Kier molecular flexibility index (Phi) is 2.85. The summed E-state index contributed by atoms with van der Waals surface area (Å²) in [7, 11) is 0. The summed E-state index contributed by atoms with van der Waals surface area (Å²) in [5.74, 6) is 3.78. The van der Waals surface area contributed by atoms with Gasteiger partial charge in [0.25, 0.3) is 0 Å². The van der Waals surface area contributed by atoms with E-state index in [0.29, 0.717) is 16.4 Å². The fourth-order valence-corrected chi connectivity index (χ4v) is 7.81. The smallest absolute Gasteiger partial charge is 0.0919 e. The lowest BCUT2D eigenvalue weighted by atomic mass is 9.44. The first-order valence-corrected chi connectivity index (χ1v) is 10.1. The molecule has 4 unspecified atom stereocenters. The van der Waals surface area contributed by atoms with Crippen LogP contribution < -0.4 is 0 Å².